The minimum Gasteiger partial charge on any atom is -0.384 e. The topological polar surface area (TPSA) is 66.0 Å². The molecule has 1 aliphatic heterocycles. The van der Waals surface area contributed by atoms with Gasteiger partial charge >= 0.3 is 0 Å². The molecule has 152 valence electrons. The van der Waals surface area contributed by atoms with Gasteiger partial charge in [-0.05, 0) is 37.5 Å². The fourth-order valence-corrected chi connectivity index (χ4v) is 3.14. The van der Waals surface area contributed by atoms with E-state index in [2.05, 4.69) is 27.4 Å². The van der Waals surface area contributed by atoms with Crippen molar-refractivity contribution >= 4 is 35.8 Å². The molecule has 27 heavy (non-hydrogen) atoms. The number of benzene rings is 1. The quantitative estimate of drug-likeness (QED) is 0.352. The van der Waals surface area contributed by atoms with Crippen LogP contribution in [0.4, 0.5) is 0 Å². The number of carbonyl (C=O) groups is 1. The van der Waals surface area contributed by atoms with Crippen molar-refractivity contribution in [3.8, 4) is 0 Å². The number of hydrogen-bond donors (Lipinski definition) is 2. The van der Waals surface area contributed by atoms with Gasteiger partial charge in [0.05, 0.1) is 6.61 Å². The van der Waals surface area contributed by atoms with Crippen molar-refractivity contribution in [3.05, 3.63) is 35.4 Å². The number of likely N-dealkylation sites (tertiary alicyclic amines) is 1. The van der Waals surface area contributed by atoms with Gasteiger partial charge < -0.3 is 20.3 Å². The summed E-state index contributed by atoms with van der Waals surface area (Å²) >= 11 is 0. The Morgan fingerprint density at radius 2 is 2.22 bits per heavy atom. The zero-order valence-electron chi connectivity index (χ0n) is 16.8. The average Bonchev–Trinajstić information content (AvgIpc) is 3.11. The Morgan fingerprint density at radius 1 is 1.44 bits per heavy atom. The predicted molar refractivity (Wildman–Crippen MR) is 121 cm³/mol. The summed E-state index contributed by atoms with van der Waals surface area (Å²) < 4.78 is 5.26. The maximum Gasteiger partial charge on any atom is 0.251 e. The number of nitrogens with zero attached hydrogens (tertiary/aromatic N) is 2. The van der Waals surface area contributed by atoms with Crippen LogP contribution in [0.15, 0.2) is 29.3 Å². The van der Waals surface area contributed by atoms with E-state index in [-0.39, 0.29) is 35.9 Å². The van der Waals surface area contributed by atoms with E-state index in [9.17, 15) is 4.79 Å². The Kier molecular flexibility index (Phi) is 10.7. The van der Waals surface area contributed by atoms with E-state index < -0.39 is 0 Å². The summed E-state index contributed by atoms with van der Waals surface area (Å²) in [7, 11) is 3.56. The van der Waals surface area contributed by atoms with E-state index in [1.165, 1.54) is 0 Å². The van der Waals surface area contributed by atoms with Crippen LogP contribution in [0.1, 0.15) is 42.6 Å². The van der Waals surface area contributed by atoms with Crippen LogP contribution in [0.5, 0.6) is 0 Å². The number of aliphatic imine (C=N–C) groups is 1. The van der Waals surface area contributed by atoms with E-state index >= 15 is 0 Å². The van der Waals surface area contributed by atoms with Gasteiger partial charge in [0, 0.05) is 51.3 Å². The number of halogens is 1. The average molecular weight is 488 g/mol. The molecule has 1 fully saturated rings. The molecule has 0 spiro atoms. The maximum atomic E-state index is 12.3. The maximum absolute atomic E-state index is 12.3. The van der Waals surface area contributed by atoms with Crippen molar-refractivity contribution < 1.29 is 9.53 Å². The molecule has 2 atom stereocenters. The number of rotatable bonds is 7. The zero-order valence-corrected chi connectivity index (χ0v) is 19.2. The first-order valence-corrected chi connectivity index (χ1v) is 9.41. The van der Waals surface area contributed by atoms with Gasteiger partial charge in [-0.3, -0.25) is 9.79 Å². The fourth-order valence-electron chi connectivity index (χ4n) is 3.14. The van der Waals surface area contributed by atoms with Crippen molar-refractivity contribution in [2.75, 3.05) is 33.9 Å². The van der Waals surface area contributed by atoms with Crippen LogP contribution in [0.2, 0.25) is 0 Å². The molecule has 0 aliphatic carbocycles. The molecule has 0 bridgehead atoms. The molecule has 1 aromatic rings. The molecule has 1 amide bonds. The summed E-state index contributed by atoms with van der Waals surface area (Å²) in [4.78, 5) is 19.0. The van der Waals surface area contributed by atoms with Crippen LogP contribution < -0.4 is 10.6 Å². The van der Waals surface area contributed by atoms with Gasteiger partial charge in [-0.25, -0.2) is 0 Å². The number of amides is 1. The molecule has 6 nitrogen and oxygen atoms in total. The van der Waals surface area contributed by atoms with Crippen molar-refractivity contribution in [2.45, 2.75) is 39.3 Å². The Balaban J connectivity index is 0.00000364. The first kappa shape index (κ1) is 23.7. The minimum atomic E-state index is -0.0208. The molecule has 0 radical (unpaired) electrons. The predicted octanol–water partition coefficient (Wildman–Crippen LogP) is 2.88. The van der Waals surface area contributed by atoms with Crippen molar-refractivity contribution in [3.63, 3.8) is 0 Å². The van der Waals surface area contributed by atoms with Crippen LogP contribution in [0.25, 0.3) is 0 Å². The highest BCUT2D eigenvalue weighted by Crippen LogP contribution is 2.16. The standard InChI is InChI=1S/C20H32N4O2.HI/c1-5-15(2)23-19(25)18-8-6-7-16(11-18)12-22-20(21-3)24-10-9-17(13-24)14-26-4;/h6-8,11,15,17H,5,9-10,12-14H2,1-4H3,(H,21,22)(H,23,25);1H. The Labute approximate surface area is 180 Å². The molecule has 2 unspecified atom stereocenters. The highest BCUT2D eigenvalue weighted by molar-refractivity contribution is 14.0. The second kappa shape index (κ2) is 12.2. The van der Waals surface area contributed by atoms with Gasteiger partial charge in [-0.1, -0.05) is 19.1 Å². The zero-order chi connectivity index (χ0) is 18.9. The minimum absolute atomic E-state index is 0. The molecule has 2 rings (SSSR count). The summed E-state index contributed by atoms with van der Waals surface area (Å²) in [6, 6.07) is 7.92. The summed E-state index contributed by atoms with van der Waals surface area (Å²) in [5.41, 5.74) is 1.76. The van der Waals surface area contributed by atoms with Gasteiger partial charge in [0.25, 0.3) is 5.91 Å². The molecule has 0 saturated carbocycles. The second-order valence-electron chi connectivity index (χ2n) is 6.94. The number of ether oxygens (including phenoxy) is 1. The summed E-state index contributed by atoms with van der Waals surface area (Å²) in [6.07, 6.45) is 2.04. The third-order valence-electron chi connectivity index (χ3n) is 4.83. The van der Waals surface area contributed by atoms with Crippen LogP contribution in [0, 0.1) is 5.92 Å². The third kappa shape index (κ3) is 7.29. The van der Waals surface area contributed by atoms with Crippen molar-refractivity contribution in [1.29, 1.82) is 0 Å². The molecular formula is C20H33IN4O2. The lowest BCUT2D eigenvalue weighted by atomic mass is 10.1. The lowest BCUT2D eigenvalue weighted by Crippen LogP contribution is -2.39. The number of methoxy groups -OCH3 is 1. The van der Waals surface area contributed by atoms with Crippen LogP contribution >= 0.6 is 24.0 Å². The normalized spacial score (nSPS) is 18.0. The molecular weight excluding hydrogens is 455 g/mol. The van der Waals surface area contributed by atoms with Gasteiger partial charge in [0.1, 0.15) is 0 Å². The Morgan fingerprint density at radius 3 is 2.89 bits per heavy atom. The molecule has 1 aliphatic rings. The summed E-state index contributed by atoms with van der Waals surface area (Å²) in [5.74, 6) is 1.44. The molecule has 1 aromatic carbocycles. The lowest BCUT2D eigenvalue weighted by Gasteiger charge is -2.22. The number of guanidine groups is 1. The van der Waals surface area contributed by atoms with E-state index in [1.54, 1.807) is 7.11 Å². The number of nitrogens with one attached hydrogen (secondary N) is 2. The van der Waals surface area contributed by atoms with Crippen molar-refractivity contribution in [2.24, 2.45) is 10.9 Å². The van der Waals surface area contributed by atoms with E-state index in [0.717, 1.165) is 44.1 Å². The lowest BCUT2D eigenvalue weighted by molar-refractivity contribution is 0.0939. The summed E-state index contributed by atoms with van der Waals surface area (Å²) in [5, 5.41) is 6.42. The first-order chi connectivity index (χ1) is 12.6. The smallest absolute Gasteiger partial charge is 0.251 e. The van der Waals surface area contributed by atoms with Crippen LogP contribution in [-0.2, 0) is 11.3 Å². The van der Waals surface area contributed by atoms with Crippen molar-refractivity contribution in [1.82, 2.24) is 15.5 Å². The van der Waals surface area contributed by atoms with Gasteiger partial charge in [-0.2, -0.15) is 0 Å². The largest absolute Gasteiger partial charge is 0.384 e. The first-order valence-electron chi connectivity index (χ1n) is 9.41. The fraction of sp³-hybridized carbons (Fsp3) is 0.600. The highest BCUT2D eigenvalue weighted by Gasteiger charge is 2.24. The van der Waals surface area contributed by atoms with E-state index in [4.69, 9.17) is 4.74 Å². The molecule has 2 N–H and O–H groups in total. The highest BCUT2D eigenvalue weighted by atomic mass is 127. The Hall–Kier alpha value is -1.35. The Bertz CT molecular complexity index is 624. The molecule has 1 heterocycles. The molecule has 1 saturated heterocycles. The molecule has 0 aromatic heterocycles. The van der Waals surface area contributed by atoms with Gasteiger partial charge in [0.15, 0.2) is 5.96 Å². The monoisotopic (exact) mass is 488 g/mol. The van der Waals surface area contributed by atoms with Gasteiger partial charge in [-0.15, -0.1) is 24.0 Å². The van der Waals surface area contributed by atoms with E-state index in [0.29, 0.717) is 18.0 Å². The second-order valence-corrected chi connectivity index (χ2v) is 6.94. The van der Waals surface area contributed by atoms with E-state index in [1.807, 2.05) is 38.2 Å². The number of carbonyl (C=O) groups excluding carboxylic acids is 1. The van der Waals surface area contributed by atoms with Gasteiger partial charge in [0.2, 0.25) is 0 Å². The van der Waals surface area contributed by atoms with Crippen LogP contribution in [-0.4, -0.2) is 56.7 Å². The third-order valence-corrected chi connectivity index (χ3v) is 4.83. The number of hydrogen-bond acceptors (Lipinski definition) is 3. The summed E-state index contributed by atoms with van der Waals surface area (Å²) in [6.45, 7) is 7.46. The molecule has 7 heteroatoms. The van der Waals surface area contributed by atoms with Crippen LogP contribution in [0.3, 0.4) is 0 Å². The SMILES string of the molecule is CCC(C)NC(=O)c1cccc(CNC(=NC)N2CCC(COC)C2)c1.I.